The number of carbonyl (C=O) groups is 22. The molecule has 35 N–H and O–H groups in total. The summed E-state index contributed by atoms with van der Waals surface area (Å²) in [6.07, 6.45) is -2.35. The third-order valence-electron chi connectivity index (χ3n) is 23.8. The van der Waals surface area contributed by atoms with Gasteiger partial charge in [-0.15, -0.1) is 0 Å². The van der Waals surface area contributed by atoms with Crippen molar-refractivity contribution in [2.24, 2.45) is 63.8 Å². The number of nitrogens with two attached hydrogens (primary N) is 7. The molecular weight excluding hydrogens is 1880 g/mol. The van der Waals surface area contributed by atoms with Gasteiger partial charge in [0, 0.05) is 25.7 Å². The van der Waals surface area contributed by atoms with Crippen molar-refractivity contribution in [3.63, 3.8) is 0 Å². The number of carboxylic acids is 1. The Labute approximate surface area is 837 Å². The number of aromatic hydroxyl groups is 1. The molecule has 0 aliphatic carbocycles. The fourth-order valence-electron chi connectivity index (χ4n) is 14.7. The minimum atomic E-state index is -1.97. The van der Waals surface area contributed by atoms with E-state index in [2.05, 4.69) is 90.4 Å². The van der Waals surface area contributed by atoms with Crippen molar-refractivity contribution in [3.05, 3.63) is 65.7 Å². The van der Waals surface area contributed by atoms with Crippen molar-refractivity contribution in [2.75, 3.05) is 39.3 Å². The van der Waals surface area contributed by atoms with Gasteiger partial charge >= 0.3 is 5.97 Å². The predicted octanol–water partition coefficient (Wildman–Crippen LogP) is -7.17. The monoisotopic (exact) mass is 2040 g/mol. The van der Waals surface area contributed by atoms with E-state index in [4.69, 9.17) is 40.1 Å². The Bertz CT molecular complexity index is 4560. The van der Waals surface area contributed by atoms with Crippen LogP contribution < -0.4 is 131 Å². The van der Waals surface area contributed by atoms with Crippen molar-refractivity contribution in [3.8, 4) is 5.75 Å². The summed E-state index contributed by atoms with van der Waals surface area (Å²) >= 11 is 0. The zero-order chi connectivity index (χ0) is 109. The van der Waals surface area contributed by atoms with Crippen LogP contribution in [0.15, 0.2) is 54.6 Å². The van der Waals surface area contributed by atoms with E-state index >= 15 is 0 Å². The van der Waals surface area contributed by atoms with Crippen LogP contribution in [-0.2, 0) is 118 Å². The van der Waals surface area contributed by atoms with E-state index in [0.29, 0.717) is 49.8 Å². The Morgan fingerprint density at radius 2 is 0.688 bits per heavy atom. The molecule has 20 atom stereocenters. The Balaban J connectivity index is 2.47. The van der Waals surface area contributed by atoms with Gasteiger partial charge in [-0.2, -0.15) is 0 Å². The number of aldehydes is 1. The molecule has 0 aliphatic rings. The number of unbranched alkanes of at least 4 members (excludes halogenated alkanes) is 4. The minimum Gasteiger partial charge on any atom is -0.508 e. The third kappa shape index (κ3) is 47.6. The van der Waals surface area contributed by atoms with Gasteiger partial charge in [0.2, 0.25) is 119 Å². The number of nitrogens with one attached hydrogen (secondary N) is 17. The molecule has 50 heteroatoms. The summed E-state index contributed by atoms with van der Waals surface area (Å²) in [5.74, 6) is -24.6. The average molecular weight is 2040 g/mol. The van der Waals surface area contributed by atoms with E-state index in [1.54, 1.807) is 85.7 Å². The highest BCUT2D eigenvalue weighted by molar-refractivity contribution is 6.24. The van der Waals surface area contributed by atoms with Gasteiger partial charge in [0.25, 0.3) is 5.91 Å². The molecule has 0 aliphatic heterocycles. The van der Waals surface area contributed by atoms with Gasteiger partial charge in [0.15, 0.2) is 0 Å². The molecular formula is C94H154N24O26. The first kappa shape index (κ1) is 127. The highest BCUT2D eigenvalue weighted by Crippen LogP contribution is 2.20. The molecule has 0 heterocycles. The largest absolute Gasteiger partial charge is 0.508 e. The molecule has 2 aromatic rings. The summed E-state index contributed by atoms with van der Waals surface area (Å²) in [5, 5.41) is 83.6. The smallest absolute Gasteiger partial charge is 0.303 e. The first-order valence-corrected chi connectivity index (χ1v) is 48.6. The SMILES string of the molecule is CC[C@H](C)[C@H](NC(=O)CNC(=O)[C@@H](NC(=O)[C@H](Cc1ccccc1)NC(=O)[C@H](CCCCN)NC(=O)[C@H](CO)NC(=O)[C@H](CC(N)=O)NC(=O)[C@H](C)NC(=O)[C@H](CCCCN)NC(=O)[C@@H](NC(=O)[C@H](Cc1ccc(O)cc1)NC(=O)[C@H](CCC(N)=O)NC(=O)C=O)[C@@H](C)CC)[C@@H](C)CC)C(=O)N[C@H](C(=O)N[C@@H](CCC(=O)O)C(=O)N[C@@H](CC(C)C)C(=O)N[C@@H](CCCCN)C(=O)N[C@@H](CCCCN)C(N)=O)[C@@H](C)O. The second kappa shape index (κ2) is 67.9. The number of aliphatic carboxylic acids is 1. The third-order valence-corrected chi connectivity index (χ3v) is 23.8. The van der Waals surface area contributed by atoms with Crippen LogP contribution in [0, 0.1) is 23.7 Å². The molecule has 2 aromatic carbocycles. The number of hydrogen-bond acceptors (Lipinski definition) is 29. The Hall–Kier alpha value is -13.5. The van der Waals surface area contributed by atoms with Gasteiger partial charge in [-0.1, -0.05) is 117 Å². The van der Waals surface area contributed by atoms with Gasteiger partial charge in [-0.25, -0.2) is 0 Å². The maximum Gasteiger partial charge on any atom is 0.303 e. The van der Waals surface area contributed by atoms with Gasteiger partial charge in [-0.3, -0.25) is 105 Å². The molecule has 0 spiro atoms. The van der Waals surface area contributed by atoms with Crippen molar-refractivity contribution < 1.29 is 126 Å². The van der Waals surface area contributed by atoms with Crippen molar-refractivity contribution in [1.82, 2.24) is 90.4 Å². The van der Waals surface area contributed by atoms with Crippen LogP contribution in [-0.4, -0.2) is 293 Å². The van der Waals surface area contributed by atoms with Gasteiger partial charge in [-0.05, 0) is 183 Å². The van der Waals surface area contributed by atoms with E-state index in [1.165, 1.54) is 24.3 Å². The quantitative estimate of drug-likeness (QED) is 0.0166. The molecule has 0 saturated carbocycles. The second-order valence-corrected chi connectivity index (χ2v) is 36.2. The van der Waals surface area contributed by atoms with Gasteiger partial charge in [0.1, 0.15) is 102 Å². The number of carbonyl (C=O) groups excluding carboxylic acids is 21. The molecule has 0 unspecified atom stereocenters. The van der Waals surface area contributed by atoms with E-state index in [0.717, 1.165) is 13.8 Å². The molecule has 0 bridgehead atoms. The van der Waals surface area contributed by atoms with E-state index in [-0.39, 0.29) is 121 Å². The average Bonchev–Trinajstić information content (AvgIpc) is 0.833. The number of rotatable bonds is 73. The van der Waals surface area contributed by atoms with Crippen molar-refractivity contribution in [2.45, 2.75) is 320 Å². The first-order valence-electron chi connectivity index (χ1n) is 48.6. The molecule has 2 rings (SSSR count). The molecule has 20 amide bonds. The number of amides is 20. The normalized spacial score (nSPS) is 15.3. The number of phenols is 1. The number of phenolic OH excluding ortho intramolecular Hbond substituents is 1. The van der Waals surface area contributed by atoms with Crippen molar-refractivity contribution >= 4 is 130 Å². The highest BCUT2D eigenvalue weighted by Gasteiger charge is 2.42. The zero-order valence-corrected chi connectivity index (χ0v) is 83.7. The lowest BCUT2D eigenvalue weighted by molar-refractivity contribution is -0.139. The lowest BCUT2D eigenvalue weighted by Gasteiger charge is -2.30. The van der Waals surface area contributed by atoms with Crippen LogP contribution in [0.1, 0.15) is 215 Å². The van der Waals surface area contributed by atoms with Gasteiger partial charge < -0.3 is 151 Å². The molecule has 0 aromatic heterocycles. The maximum absolute atomic E-state index is 14.8. The topological polar surface area (TPSA) is 843 Å². The summed E-state index contributed by atoms with van der Waals surface area (Å²) < 4.78 is 0. The maximum atomic E-state index is 14.8. The lowest BCUT2D eigenvalue weighted by atomic mass is 9.96. The Morgan fingerprint density at radius 1 is 0.347 bits per heavy atom. The standard InChI is InChI=1S/C94H154N24O26/c1-11-51(6)75(91(141)102-47-72(125)115-76(52(7)12-2)93(143)118-78(55(10)121)94(144)109-64(36-38-74(127)128)85(135)111-65(43-50(4)5)86(136)106-61(29-19-23-41-97)82(132)105-59(79(101)129)27-17-21-39-95)116-88(138)66(44-56-25-15-14-16-26-56)112-83(133)62(30-20-24-42-98)107-90(140)69(48-119)114-87(137)68(46-71(100)124)110-80(130)54(9)103-81(131)60(28-18-22-40-96)108-92(142)77(53(8)13-3)117-89(139)67(45-57-31-33-58(122)34-32-57)113-84(134)63(35-37-70(99)123)104-73(126)49-120/h14-16,25-26,31-34,49-55,59-69,75-78,119,121-122H,11-13,17-24,27-30,35-48,95-98H2,1-10H3,(H2,99,123)(H2,100,124)(H2,101,129)(H,102,141)(H,103,131)(H,104,126)(H,105,132)(H,106,136)(H,107,140)(H,108,142)(H,109,144)(H,110,130)(H,111,135)(H,112,133)(H,113,134)(H,114,137)(H,115,125)(H,116,138)(H,117,139)(H,118,143)(H,127,128)/t51-,52-,53-,54-,55+,59-,60-,61-,62-,63-,64-,65-,66-,67-,68-,69-,75-,76-,77-,78-/m0/s1. The summed E-state index contributed by atoms with van der Waals surface area (Å²) in [6.45, 7) is 14.2. The number of carboxylic acid groups (broad SMARTS) is 1. The zero-order valence-electron chi connectivity index (χ0n) is 83.7. The predicted molar refractivity (Wildman–Crippen MR) is 524 cm³/mol. The highest BCUT2D eigenvalue weighted by atomic mass is 16.4. The molecule has 0 fully saturated rings. The lowest BCUT2D eigenvalue weighted by Crippen LogP contribution is -2.62. The first-order chi connectivity index (χ1) is 68.1. The van der Waals surface area contributed by atoms with Crippen LogP contribution in [0.4, 0.5) is 0 Å². The van der Waals surface area contributed by atoms with Crippen LogP contribution in [0.5, 0.6) is 5.75 Å². The fraction of sp³-hybridized carbons (Fsp3) is 0.638. The minimum absolute atomic E-state index is 0.0428. The van der Waals surface area contributed by atoms with Gasteiger partial charge in [0.05, 0.1) is 25.7 Å². The summed E-state index contributed by atoms with van der Waals surface area (Å²) in [6, 6.07) is -11.6. The molecule has 144 heavy (non-hydrogen) atoms. The van der Waals surface area contributed by atoms with Crippen LogP contribution >= 0.6 is 0 Å². The van der Waals surface area contributed by atoms with Crippen molar-refractivity contribution in [1.29, 1.82) is 0 Å². The molecule has 0 radical (unpaired) electrons. The number of aliphatic hydroxyl groups excluding tert-OH is 2. The Kier molecular flexibility index (Phi) is 59.7. The number of benzene rings is 2. The number of primary amides is 3. The summed E-state index contributed by atoms with van der Waals surface area (Å²) in [7, 11) is 0. The number of hydrogen-bond donors (Lipinski definition) is 28. The van der Waals surface area contributed by atoms with E-state index in [1.807, 2.05) is 0 Å². The molecule has 50 nitrogen and oxygen atoms in total. The van der Waals surface area contributed by atoms with Crippen LogP contribution in [0.2, 0.25) is 0 Å². The van der Waals surface area contributed by atoms with E-state index in [9.17, 15) is 126 Å². The van der Waals surface area contributed by atoms with E-state index < -0.39 is 290 Å². The number of aliphatic hydroxyl groups is 2. The van der Waals surface area contributed by atoms with Crippen LogP contribution in [0.3, 0.4) is 0 Å². The molecule has 806 valence electrons. The van der Waals surface area contributed by atoms with Crippen LogP contribution in [0.25, 0.3) is 0 Å². The molecule has 0 saturated heterocycles. The fourth-order valence-corrected chi connectivity index (χ4v) is 14.7. The Morgan fingerprint density at radius 3 is 1.10 bits per heavy atom. The second-order valence-electron chi connectivity index (χ2n) is 36.2. The summed E-state index contributed by atoms with van der Waals surface area (Å²) in [5.41, 5.74) is 40.3. The summed E-state index contributed by atoms with van der Waals surface area (Å²) in [4.78, 5) is 300.